The first-order valence-corrected chi connectivity index (χ1v) is 9.80. The van der Waals surface area contributed by atoms with Crippen molar-refractivity contribution in [2.24, 2.45) is 0 Å². The first kappa shape index (κ1) is 21.6. The van der Waals surface area contributed by atoms with Crippen molar-refractivity contribution in [2.45, 2.75) is 26.1 Å². The summed E-state index contributed by atoms with van der Waals surface area (Å²) in [5.74, 6) is 0.319. The number of carbonyl (C=O) groups excluding carboxylic acids is 1. The summed E-state index contributed by atoms with van der Waals surface area (Å²) in [6.45, 7) is 1.09. The number of hydrogen-bond acceptors (Lipinski definition) is 6. The van der Waals surface area contributed by atoms with Gasteiger partial charge >= 0.3 is 6.18 Å². The van der Waals surface area contributed by atoms with Crippen molar-refractivity contribution in [3.05, 3.63) is 48.0 Å². The number of aryl methyl sites for hydroxylation is 1. The SMILES string of the molecule is COc1cncc(-c2cc(C)c3c(n2)OCCCN(c2cnn(CC(F)(F)F)c2)C3=O)c1. The molecule has 11 heteroatoms. The van der Waals surface area contributed by atoms with Crippen molar-refractivity contribution in [3.63, 3.8) is 0 Å². The molecule has 1 amide bonds. The highest BCUT2D eigenvalue weighted by Crippen LogP contribution is 2.31. The Hall–Kier alpha value is -3.63. The predicted octanol–water partition coefficient (Wildman–Crippen LogP) is 3.65. The molecule has 4 heterocycles. The van der Waals surface area contributed by atoms with Crippen molar-refractivity contribution in [2.75, 3.05) is 25.2 Å². The van der Waals surface area contributed by atoms with E-state index in [0.29, 0.717) is 35.6 Å². The molecule has 8 nitrogen and oxygen atoms in total. The molecule has 0 saturated carbocycles. The molecule has 168 valence electrons. The second-order valence-electron chi connectivity index (χ2n) is 7.29. The van der Waals surface area contributed by atoms with Gasteiger partial charge in [0.05, 0.1) is 37.5 Å². The lowest BCUT2D eigenvalue weighted by Gasteiger charge is -2.26. The van der Waals surface area contributed by atoms with Crippen LogP contribution in [-0.2, 0) is 6.54 Å². The lowest BCUT2D eigenvalue weighted by Crippen LogP contribution is -2.35. The van der Waals surface area contributed by atoms with Crippen LogP contribution in [0.2, 0.25) is 0 Å². The zero-order chi connectivity index (χ0) is 22.9. The number of ether oxygens (including phenoxy) is 2. The van der Waals surface area contributed by atoms with Crippen molar-refractivity contribution >= 4 is 11.6 Å². The van der Waals surface area contributed by atoms with E-state index in [1.165, 1.54) is 24.4 Å². The maximum absolute atomic E-state index is 13.4. The van der Waals surface area contributed by atoms with Crippen molar-refractivity contribution < 1.29 is 27.4 Å². The molecule has 3 aromatic rings. The summed E-state index contributed by atoms with van der Waals surface area (Å²) in [6.07, 6.45) is 1.73. The molecule has 0 fully saturated rings. The van der Waals surface area contributed by atoms with Gasteiger partial charge in [0.15, 0.2) is 0 Å². The van der Waals surface area contributed by atoms with Crippen molar-refractivity contribution in [1.82, 2.24) is 19.7 Å². The summed E-state index contributed by atoms with van der Waals surface area (Å²) < 4.78 is 49.8. The van der Waals surface area contributed by atoms with Gasteiger partial charge in [0.25, 0.3) is 5.91 Å². The van der Waals surface area contributed by atoms with Gasteiger partial charge in [-0.05, 0) is 31.0 Å². The lowest BCUT2D eigenvalue weighted by molar-refractivity contribution is -0.142. The van der Waals surface area contributed by atoms with Gasteiger partial charge in [-0.3, -0.25) is 14.5 Å². The molecule has 0 bridgehead atoms. The monoisotopic (exact) mass is 447 g/mol. The minimum atomic E-state index is -4.41. The average molecular weight is 447 g/mol. The fraction of sp³-hybridized carbons (Fsp3) is 0.333. The Morgan fingerprint density at radius 2 is 2.03 bits per heavy atom. The number of hydrogen-bond donors (Lipinski definition) is 0. The van der Waals surface area contributed by atoms with Crippen LogP contribution in [0.3, 0.4) is 0 Å². The molecule has 0 N–H and O–H groups in total. The van der Waals surface area contributed by atoms with E-state index in [9.17, 15) is 18.0 Å². The van der Waals surface area contributed by atoms with E-state index in [1.807, 2.05) is 0 Å². The first-order chi connectivity index (χ1) is 15.2. The molecular formula is C21H20F3N5O3. The Kier molecular flexibility index (Phi) is 5.72. The zero-order valence-corrected chi connectivity index (χ0v) is 17.4. The minimum absolute atomic E-state index is 0.167. The molecule has 0 spiro atoms. The van der Waals surface area contributed by atoms with E-state index in [4.69, 9.17) is 9.47 Å². The van der Waals surface area contributed by atoms with Gasteiger partial charge in [-0.15, -0.1) is 0 Å². The number of halogens is 3. The van der Waals surface area contributed by atoms with E-state index in [1.54, 1.807) is 31.5 Å². The van der Waals surface area contributed by atoms with E-state index < -0.39 is 18.6 Å². The number of rotatable bonds is 4. The second kappa shape index (κ2) is 8.48. The van der Waals surface area contributed by atoms with Crippen molar-refractivity contribution in [3.8, 4) is 22.9 Å². The molecule has 0 radical (unpaired) electrons. The highest BCUT2D eigenvalue weighted by molar-refractivity contribution is 6.08. The number of alkyl halides is 3. The third-order valence-electron chi connectivity index (χ3n) is 4.92. The van der Waals surface area contributed by atoms with Crippen LogP contribution in [-0.4, -0.2) is 52.1 Å². The molecule has 0 aromatic carbocycles. The first-order valence-electron chi connectivity index (χ1n) is 9.80. The maximum Gasteiger partial charge on any atom is 0.408 e. The number of methoxy groups -OCH3 is 1. The highest BCUT2D eigenvalue weighted by atomic mass is 19.4. The number of carbonyl (C=O) groups is 1. The molecule has 1 aliphatic heterocycles. The summed E-state index contributed by atoms with van der Waals surface area (Å²) in [6, 6.07) is 3.51. The topological polar surface area (TPSA) is 82.4 Å². The van der Waals surface area contributed by atoms with E-state index >= 15 is 0 Å². The predicted molar refractivity (Wildman–Crippen MR) is 109 cm³/mol. The summed E-state index contributed by atoms with van der Waals surface area (Å²) >= 11 is 0. The smallest absolute Gasteiger partial charge is 0.408 e. The number of nitrogens with zero attached hydrogens (tertiary/aromatic N) is 5. The highest BCUT2D eigenvalue weighted by Gasteiger charge is 2.31. The Bertz CT molecular complexity index is 1150. The molecule has 4 rings (SSSR count). The van der Waals surface area contributed by atoms with Crippen LogP contribution in [0.1, 0.15) is 22.3 Å². The number of amides is 1. The summed E-state index contributed by atoms with van der Waals surface area (Å²) in [4.78, 5) is 23.4. The van der Waals surface area contributed by atoms with Gasteiger partial charge in [-0.1, -0.05) is 0 Å². The maximum atomic E-state index is 13.4. The minimum Gasteiger partial charge on any atom is -0.495 e. The van der Waals surface area contributed by atoms with Crippen LogP contribution in [0.15, 0.2) is 36.9 Å². The third-order valence-corrected chi connectivity index (χ3v) is 4.92. The van der Waals surface area contributed by atoms with Gasteiger partial charge in [-0.25, -0.2) is 4.98 Å². The molecular weight excluding hydrogens is 427 g/mol. The Morgan fingerprint density at radius 3 is 2.78 bits per heavy atom. The van der Waals surface area contributed by atoms with Gasteiger partial charge in [0.2, 0.25) is 5.88 Å². The number of fused-ring (bicyclic) bond motifs is 1. The Labute approximate surface area is 181 Å². The van der Waals surface area contributed by atoms with Crippen LogP contribution in [0.25, 0.3) is 11.3 Å². The van der Waals surface area contributed by atoms with Crippen LogP contribution < -0.4 is 14.4 Å². The van der Waals surface area contributed by atoms with Crippen molar-refractivity contribution in [1.29, 1.82) is 0 Å². The molecule has 0 unspecified atom stereocenters. The quantitative estimate of drug-likeness (QED) is 0.607. The molecule has 32 heavy (non-hydrogen) atoms. The molecule has 0 saturated heterocycles. The zero-order valence-electron chi connectivity index (χ0n) is 17.4. The number of anilines is 1. The van der Waals surface area contributed by atoms with Crippen LogP contribution >= 0.6 is 0 Å². The molecule has 0 aliphatic carbocycles. The number of aromatic nitrogens is 4. The average Bonchev–Trinajstić information content (AvgIpc) is 3.17. The lowest BCUT2D eigenvalue weighted by atomic mass is 10.0. The van der Waals surface area contributed by atoms with E-state index in [-0.39, 0.29) is 23.7 Å². The summed E-state index contributed by atoms with van der Waals surface area (Å²) in [5.41, 5.74) is 2.41. The van der Waals surface area contributed by atoms with Gasteiger partial charge in [-0.2, -0.15) is 18.3 Å². The van der Waals surface area contributed by atoms with E-state index in [2.05, 4.69) is 15.1 Å². The van der Waals surface area contributed by atoms with Crippen LogP contribution in [0.4, 0.5) is 18.9 Å². The Morgan fingerprint density at radius 1 is 1.22 bits per heavy atom. The third kappa shape index (κ3) is 4.51. The van der Waals surface area contributed by atoms with Crippen LogP contribution in [0, 0.1) is 6.92 Å². The standard InChI is InChI=1S/C21H20F3N5O3/c1-13-6-17(14-7-16(31-2)10-25-8-14)27-19-18(13)20(30)29(4-3-5-32-19)15-9-26-28(11-15)12-21(22,23)24/h6-11H,3-5,12H2,1-2H3. The fourth-order valence-electron chi connectivity index (χ4n) is 3.46. The molecule has 0 atom stereocenters. The van der Waals surface area contributed by atoms with Gasteiger partial charge in [0.1, 0.15) is 17.9 Å². The fourth-order valence-corrected chi connectivity index (χ4v) is 3.46. The van der Waals surface area contributed by atoms with Gasteiger partial charge < -0.3 is 14.4 Å². The van der Waals surface area contributed by atoms with Crippen LogP contribution in [0.5, 0.6) is 11.6 Å². The largest absolute Gasteiger partial charge is 0.495 e. The normalized spacial score (nSPS) is 14.4. The second-order valence-corrected chi connectivity index (χ2v) is 7.29. The number of pyridine rings is 2. The molecule has 1 aliphatic rings. The summed E-state index contributed by atoms with van der Waals surface area (Å²) in [7, 11) is 1.53. The Balaban J connectivity index is 1.70. The van der Waals surface area contributed by atoms with Gasteiger partial charge in [0, 0.05) is 24.5 Å². The molecule has 3 aromatic heterocycles. The summed E-state index contributed by atoms with van der Waals surface area (Å²) in [5, 5.41) is 3.75. The van der Waals surface area contributed by atoms with E-state index in [0.717, 1.165) is 4.68 Å².